The summed E-state index contributed by atoms with van der Waals surface area (Å²) in [5.41, 5.74) is 4.45. The second-order valence-corrected chi connectivity index (χ2v) is 5.82. The molecule has 5 heteroatoms. The number of carbonyl (C=O) groups is 2. The topological polar surface area (TPSA) is 92.4 Å². The second kappa shape index (κ2) is 8.91. The van der Waals surface area contributed by atoms with Gasteiger partial charge in [-0.25, -0.2) is 0 Å². The number of aliphatic carboxylic acids is 1. The van der Waals surface area contributed by atoms with Gasteiger partial charge < -0.3 is 16.2 Å². The van der Waals surface area contributed by atoms with Crippen LogP contribution in [0.25, 0.3) is 0 Å². The Kier molecular flexibility index (Phi) is 9.48. The monoisotopic (exact) mass is 274 g/mol. The maximum absolute atomic E-state index is 11.3. The van der Waals surface area contributed by atoms with Gasteiger partial charge in [0.25, 0.3) is 0 Å². The van der Waals surface area contributed by atoms with E-state index in [0.29, 0.717) is 19.5 Å². The number of carboxylic acids is 1. The molecule has 114 valence electrons. The number of amides is 1. The molecule has 0 saturated heterocycles. The molecular weight excluding hydrogens is 244 g/mol. The van der Waals surface area contributed by atoms with E-state index in [1.165, 1.54) is 0 Å². The minimum Gasteiger partial charge on any atom is -0.481 e. The first kappa shape index (κ1) is 20.2. The van der Waals surface area contributed by atoms with Gasteiger partial charge in [-0.1, -0.05) is 27.7 Å². The quantitative estimate of drug-likeness (QED) is 0.690. The van der Waals surface area contributed by atoms with E-state index in [9.17, 15) is 9.59 Å². The highest BCUT2D eigenvalue weighted by atomic mass is 16.4. The van der Waals surface area contributed by atoms with E-state index in [2.05, 4.69) is 5.32 Å². The summed E-state index contributed by atoms with van der Waals surface area (Å²) in [4.78, 5) is 21.5. The van der Waals surface area contributed by atoms with Crippen LogP contribution < -0.4 is 11.1 Å². The highest BCUT2D eigenvalue weighted by Gasteiger charge is 2.24. The molecule has 0 spiro atoms. The van der Waals surface area contributed by atoms with Gasteiger partial charge in [0.2, 0.25) is 5.91 Å². The molecule has 0 fully saturated rings. The molecule has 0 aliphatic heterocycles. The number of carboxylic acid groups (broad SMARTS) is 1. The molecule has 0 atom stereocenters. The maximum atomic E-state index is 11.3. The summed E-state index contributed by atoms with van der Waals surface area (Å²) >= 11 is 0. The lowest BCUT2D eigenvalue weighted by molar-refractivity contribution is -0.147. The van der Waals surface area contributed by atoms with Crippen LogP contribution in [-0.4, -0.2) is 30.1 Å². The Labute approximate surface area is 116 Å². The summed E-state index contributed by atoms with van der Waals surface area (Å²) in [6, 6.07) is 0. The Morgan fingerprint density at radius 2 is 1.47 bits per heavy atom. The van der Waals surface area contributed by atoms with E-state index in [1.54, 1.807) is 13.8 Å². The molecule has 0 aliphatic rings. The van der Waals surface area contributed by atoms with Crippen LogP contribution in [0.2, 0.25) is 0 Å². The lowest BCUT2D eigenvalue weighted by atomic mass is 9.89. The fourth-order valence-corrected chi connectivity index (χ4v) is 0.737. The molecule has 0 saturated carbocycles. The molecule has 0 aromatic rings. The van der Waals surface area contributed by atoms with Gasteiger partial charge in [-0.15, -0.1) is 0 Å². The smallest absolute Gasteiger partial charge is 0.309 e. The lowest BCUT2D eigenvalue weighted by Gasteiger charge is -2.20. The number of rotatable bonds is 6. The Morgan fingerprint density at radius 1 is 1.05 bits per heavy atom. The summed E-state index contributed by atoms with van der Waals surface area (Å²) in [5.74, 6) is -0.634. The van der Waals surface area contributed by atoms with Gasteiger partial charge in [0.1, 0.15) is 0 Å². The van der Waals surface area contributed by atoms with Gasteiger partial charge in [-0.2, -0.15) is 0 Å². The number of hydrogen-bond donors (Lipinski definition) is 3. The lowest BCUT2D eigenvalue weighted by Crippen LogP contribution is -2.38. The molecule has 0 rings (SSSR count). The predicted octanol–water partition coefficient (Wildman–Crippen LogP) is 2.00. The first-order chi connectivity index (χ1) is 8.55. The average molecular weight is 274 g/mol. The Bertz CT molecular complexity index is 286. The van der Waals surface area contributed by atoms with Crippen molar-refractivity contribution in [2.75, 3.05) is 13.1 Å². The van der Waals surface area contributed by atoms with E-state index in [0.717, 1.165) is 6.42 Å². The van der Waals surface area contributed by atoms with Crippen molar-refractivity contribution >= 4 is 11.9 Å². The summed E-state index contributed by atoms with van der Waals surface area (Å²) in [6.07, 6.45) is 1.53. The molecule has 0 aromatic heterocycles. The van der Waals surface area contributed by atoms with Crippen LogP contribution in [0.5, 0.6) is 0 Å². The van der Waals surface area contributed by atoms with Crippen molar-refractivity contribution < 1.29 is 14.7 Å². The summed E-state index contributed by atoms with van der Waals surface area (Å²) in [5, 5.41) is 11.2. The highest BCUT2D eigenvalue weighted by molar-refractivity contribution is 5.81. The molecule has 4 N–H and O–H groups in total. The fraction of sp³-hybridized carbons (Fsp3) is 0.857. The Morgan fingerprint density at radius 3 is 1.68 bits per heavy atom. The highest BCUT2D eigenvalue weighted by Crippen LogP contribution is 2.19. The van der Waals surface area contributed by atoms with Crippen LogP contribution in [-0.2, 0) is 9.59 Å². The summed E-state index contributed by atoms with van der Waals surface area (Å²) in [7, 11) is 0. The van der Waals surface area contributed by atoms with Gasteiger partial charge in [-0.3, -0.25) is 9.59 Å². The van der Waals surface area contributed by atoms with E-state index < -0.39 is 11.4 Å². The normalized spacial score (nSPS) is 11.3. The molecule has 1 amide bonds. The summed E-state index contributed by atoms with van der Waals surface area (Å²) < 4.78 is 0. The molecule has 0 unspecified atom stereocenters. The van der Waals surface area contributed by atoms with Crippen molar-refractivity contribution in [1.82, 2.24) is 5.32 Å². The molecule has 5 nitrogen and oxygen atoms in total. The van der Waals surface area contributed by atoms with Crippen LogP contribution in [0.15, 0.2) is 0 Å². The minimum atomic E-state index is -0.722. The first-order valence-electron chi connectivity index (χ1n) is 6.76. The first-order valence-corrected chi connectivity index (χ1v) is 6.76. The largest absolute Gasteiger partial charge is 0.481 e. The third-order valence-corrected chi connectivity index (χ3v) is 3.39. The van der Waals surface area contributed by atoms with E-state index in [4.69, 9.17) is 10.8 Å². The van der Waals surface area contributed by atoms with Crippen molar-refractivity contribution in [2.45, 2.75) is 54.4 Å². The predicted molar refractivity (Wildman–Crippen MR) is 77.8 cm³/mol. The fourth-order valence-electron chi connectivity index (χ4n) is 0.737. The SMILES string of the molecule is CCC(C)(C)C(=O)NCCN.CCC(C)(C)C(=O)O. The third kappa shape index (κ3) is 8.59. The molecule has 0 heterocycles. The van der Waals surface area contributed by atoms with Crippen molar-refractivity contribution in [3.8, 4) is 0 Å². The summed E-state index contributed by atoms with van der Waals surface area (Å²) in [6.45, 7) is 12.2. The zero-order valence-corrected chi connectivity index (χ0v) is 13.2. The molecule has 0 aromatic carbocycles. The number of hydrogen-bond acceptors (Lipinski definition) is 3. The molecule has 0 radical (unpaired) electrons. The van der Waals surface area contributed by atoms with Crippen LogP contribution in [0.4, 0.5) is 0 Å². The van der Waals surface area contributed by atoms with Crippen LogP contribution in [0.1, 0.15) is 54.4 Å². The van der Waals surface area contributed by atoms with E-state index in [1.807, 2.05) is 27.7 Å². The average Bonchev–Trinajstić information content (AvgIpc) is 2.36. The van der Waals surface area contributed by atoms with Gasteiger partial charge in [0.05, 0.1) is 5.41 Å². The molecule has 0 bridgehead atoms. The van der Waals surface area contributed by atoms with E-state index in [-0.39, 0.29) is 11.3 Å². The number of nitrogens with two attached hydrogens (primary N) is 1. The number of carbonyl (C=O) groups excluding carboxylic acids is 1. The Hall–Kier alpha value is -1.10. The van der Waals surface area contributed by atoms with Crippen molar-refractivity contribution in [2.24, 2.45) is 16.6 Å². The van der Waals surface area contributed by atoms with Crippen molar-refractivity contribution in [3.05, 3.63) is 0 Å². The standard InChI is InChI=1S/C8H18N2O.C6H12O2/c1-4-8(2,3)7(11)10-6-5-9;1-4-6(2,3)5(7)8/h4-6,9H2,1-3H3,(H,10,11);4H2,1-3H3,(H,7,8). The molecule has 0 aliphatic carbocycles. The van der Waals surface area contributed by atoms with Gasteiger partial charge in [0, 0.05) is 18.5 Å². The minimum absolute atomic E-state index is 0.0884. The van der Waals surface area contributed by atoms with Crippen LogP contribution in [0.3, 0.4) is 0 Å². The zero-order valence-electron chi connectivity index (χ0n) is 13.2. The van der Waals surface area contributed by atoms with Gasteiger partial charge in [-0.05, 0) is 26.7 Å². The molecular formula is C14H30N2O3. The Balaban J connectivity index is 0. The zero-order chi connectivity index (χ0) is 15.7. The molecule has 19 heavy (non-hydrogen) atoms. The van der Waals surface area contributed by atoms with Crippen LogP contribution in [0, 0.1) is 10.8 Å². The van der Waals surface area contributed by atoms with Gasteiger partial charge in [0.15, 0.2) is 0 Å². The van der Waals surface area contributed by atoms with Crippen molar-refractivity contribution in [3.63, 3.8) is 0 Å². The van der Waals surface area contributed by atoms with Gasteiger partial charge >= 0.3 is 5.97 Å². The van der Waals surface area contributed by atoms with Crippen LogP contribution >= 0.6 is 0 Å². The second-order valence-electron chi connectivity index (χ2n) is 5.82. The third-order valence-electron chi connectivity index (χ3n) is 3.39. The van der Waals surface area contributed by atoms with Crippen molar-refractivity contribution in [1.29, 1.82) is 0 Å². The number of nitrogens with one attached hydrogen (secondary N) is 1. The maximum Gasteiger partial charge on any atom is 0.309 e. The van der Waals surface area contributed by atoms with E-state index >= 15 is 0 Å².